The average molecular weight is 509 g/mol. The van der Waals surface area contributed by atoms with Gasteiger partial charge in [0.15, 0.2) is 0 Å². The van der Waals surface area contributed by atoms with Gasteiger partial charge in [-0.05, 0) is 0 Å². The van der Waals surface area contributed by atoms with Crippen molar-refractivity contribution in [3.8, 4) is 11.8 Å². The molecule has 0 bridgehead atoms. The Morgan fingerprint density at radius 1 is 1.33 bits per heavy atom. The molecule has 169 valence electrons. The molecule has 0 spiro atoms. The Morgan fingerprint density at radius 3 is 2.70 bits per heavy atom. The molecule has 9 nitrogen and oxygen atoms in total. The van der Waals surface area contributed by atoms with Crippen LogP contribution in [0, 0.1) is 30.1 Å². The molecule has 2 unspecified atom stereocenters. The maximum absolute atomic E-state index is 12.5. The van der Waals surface area contributed by atoms with E-state index >= 15 is 0 Å². The standard InChI is InChI=1S/C23H22AsN4O5/c1-12-11-32-22(31)28(12)15-5-13-7-19(24-20(29)16-6-14(16)9-25)26-10-17(13)18(8-15)27-21(30)33-23(2,3)4/h5,7-8,10-11,14,16H,6H2,1-4H3,(H,27,30). The minimum atomic E-state index is -0.867. The molecule has 1 saturated carbocycles. The summed E-state index contributed by atoms with van der Waals surface area (Å²) >= 11 is -0.867. The van der Waals surface area contributed by atoms with Gasteiger partial charge < -0.3 is 0 Å². The summed E-state index contributed by atoms with van der Waals surface area (Å²) in [5.74, 6) is -0.919. The first kappa shape index (κ1) is 22.8. The summed E-state index contributed by atoms with van der Waals surface area (Å²) in [6, 6.07) is 7.37. The van der Waals surface area contributed by atoms with Gasteiger partial charge in [0, 0.05) is 0 Å². The van der Waals surface area contributed by atoms with Crippen LogP contribution in [0.15, 0.2) is 39.9 Å². The van der Waals surface area contributed by atoms with Crippen LogP contribution in [-0.2, 0) is 9.53 Å². The molecular weight excluding hydrogens is 487 g/mol. The van der Waals surface area contributed by atoms with E-state index in [4.69, 9.17) is 14.4 Å². The van der Waals surface area contributed by atoms with Crippen molar-refractivity contribution in [2.24, 2.45) is 11.8 Å². The number of carbonyl (C=O) groups is 2. The third-order valence-electron chi connectivity index (χ3n) is 5.06. The van der Waals surface area contributed by atoms with E-state index in [9.17, 15) is 14.4 Å². The van der Waals surface area contributed by atoms with E-state index in [-0.39, 0.29) is 16.4 Å². The SMILES string of the molecule is Cc1coc(=O)n1-c1cc(NC(=O)OC(C)(C)C)c2cnc([As]C(=O)C3CC3C#N)cc2c1. The summed E-state index contributed by atoms with van der Waals surface area (Å²) in [7, 11) is 0. The van der Waals surface area contributed by atoms with Gasteiger partial charge in [0.25, 0.3) is 0 Å². The number of pyridine rings is 1. The van der Waals surface area contributed by atoms with Crippen molar-refractivity contribution >= 4 is 47.4 Å². The first-order chi connectivity index (χ1) is 15.6. The first-order valence-electron chi connectivity index (χ1n) is 10.3. The molecule has 1 N–H and O–H groups in total. The molecule has 1 amide bonds. The molecule has 4 rings (SSSR count). The number of nitriles is 1. The molecule has 1 aromatic carbocycles. The molecule has 3 aromatic rings. The second kappa shape index (κ2) is 8.53. The molecule has 1 fully saturated rings. The van der Waals surface area contributed by atoms with E-state index in [2.05, 4.69) is 16.4 Å². The number of benzene rings is 1. The van der Waals surface area contributed by atoms with Gasteiger partial charge in [0.1, 0.15) is 0 Å². The molecule has 10 heteroatoms. The molecule has 1 aliphatic rings. The van der Waals surface area contributed by atoms with Crippen molar-refractivity contribution in [1.29, 1.82) is 5.26 Å². The molecule has 2 atom stereocenters. The monoisotopic (exact) mass is 509 g/mol. The zero-order valence-electron chi connectivity index (χ0n) is 18.6. The van der Waals surface area contributed by atoms with Crippen molar-refractivity contribution in [2.45, 2.75) is 39.7 Å². The van der Waals surface area contributed by atoms with Crippen LogP contribution in [0.2, 0.25) is 0 Å². The van der Waals surface area contributed by atoms with Crippen molar-refractivity contribution in [1.82, 2.24) is 9.55 Å². The van der Waals surface area contributed by atoms with Crippen LogP contribution in [0.5, 0.6) is 0 Å². The number of nitrogens with zero attached hydrogens (tertiary/aromatic N) is 3. The van der Waals surface area contributed by atoms with Crippen LogP contribution < -0.4 is 15.6 Å². The van der Waals surface area contributed by atoms with E-state index in [1.54, 1.807) is 52.1 Å². The number of nitrogens with one attached hydrogen (secondary N) is 1. The predicted molar refractivity (Wildman–Crippen MR) is 122 cm³/mol. The number of aromatic nitrogens is 2. The normalized spacial score (nSPS) is 17.8. The Balaban J connectivity index is 1.75. The Hall–Kier alpha value is -3.37. The van der Waals surface area contributed by atoms with Crippen molar-refractivity contribution in [2.75, 3.05) is 5.32 Å². The fourth-order valence-corrected chi connectivity index (χ4v) is 5.53. The maximum atomic E-state index is 12.5. The molecular formula is C23H22AsN4O5. The van der Waals surface area contributed by atoms with Gasteiger partial charge >= 0.3 is 196 Å². The second-order valence-electron chi connectivity index (χ2n) is 8.89. The number of oxazole rings is 1. The number of ether oxygens (including phenoxy) is 1. The Labute approximate surface area is 196 Å². The number of carbonyl (C=O) groups excluding carboxylic acids is 2. The Kier molecular flexibility index (Phi) is 5.89. The summed E-state index contributed by atoms with van der Waals surface area (Å²) in [6.45, 7) is 7.03. The number of anilines is 1. The third-order valence-corrected chi connectivity index (χ3v) is 7.22. The van der Waals surface area contributed by atoms with Gasteiger partial charge in [-0.3, -0.25) is 0 Å². The topological polar surface area (TPSA) is 127 Å². The van der Waals surface area contributed by atoms with Gasteiger partial charge in [0.2, 0.25) is 0 Å². The van der Waals surface area contributed by atoms with Gasteiger partial charge in [-0.2, -0.15) is 0 Å². The summed E-state index contributed by atoms with van der Waals surface area (Å²) in [4.78, 5) is 41.6. The van der Waals surface area contributed by atoms with E-state index in [0.717, 1.165) is 0 Å². The van der Waals surface area contributed by atoms with E-state index in [1.165, 1.54) is 10.8 Å². The molecule has 0 aliphatic heterocycles. The number of rotatable bonds is 5. The third kappa shape index (κ3) is 5.01. The van der Waals surface area contributed by atoms with Crippen LogP contribution in [0.25, 0.3) is 16.5 Å². The van der Waals surface area contributed by atoms with Gasteiger partial charge in [-0.1, -0.05) is 0 Å². The van der Waals surface area contributed by atoms with Crippen LogP contribution in [-0.4, -0.2) is 41.6 Å². The summed E-state index contributed by atoms with van der Waals surface area (Å²) in [6.07, 6.45) is 2.94. The van der Waals surface area contributed by atoms with Crippen LogP contribution >= 0.6 is 0 Å². The fourth-order valence-electron chi connectivity index (χ4n) is 3.44. The molecule has 33 heavy (non-hydrogen) atoms. The van der Waals surface area contributed by atoms with Crippen LogP contribution in [0.1, 0.15) is 32.9 Å². The van der Waals surface area contributed by atoms with Crippen LogP contribution in [0.4, 0.5) is 10.5 Å². The van der Waals surface area contributed by atoms with Crippen LogP contribution in [0.3, 0.4) is 0 Å². The van der Waals surface area contributed by atoms with Gasteiger partial charge in [-0.25, -0.2) is 0 Å². The summed E-state index contributed by atoms with van der Waals surface area (Å²) < 4.78 is 12.5. The fraction of sp³-hybridized carbons (Fsp3) is 0.348. The van der Waals surface area contributed by atoms with Gasteiger partial charge in [-0.15, -0.1) is 0 Å². The minimum absolute atomic E-state index is 0.0785. The quantitative estimate of drug-likeness (QED) is 0.524. The molecule has 1 radical (unpaired) electrons. The summed E-state index contributed by atoms with van der Waals surface area (Å²) in [5.41, 5.74) is 0.818. The van der Waals surface area contributed by atoms with E-state index < -0.39 is 33.2 Å². The molecule has 2 aromatic heterocycles. The van der Waals surface area contributed by atoms with E-state index in [0.29, 0.717) is 38.7 Å². The van der Waals surface area contributed by atoms with Gasteiger partial charge in [0.05, 0.1) is 0 Å². The zero-order valence-corrected chi connectivity index (χ0v) is 20.5. The first-order valence-corrected chi connectivity index (χ1v) is 12.2. The van der Waals surface area contributed by atoms with E-state index in [1.807, 2.05) is 0 Å². The second-order valence-corrected chi connectivity index (χ2v) is 11.2. The molecule has 0 saturated heterocycles. The summed E-state index contributed by atoms with van der Waals surface area (Å²) in [5, 5.41) is 13.1. The Morgan fingerprint density at radius 2 is 2.09 bits per heavy atom. The number of amides is 1. The predicted octanol–water partition coefficient (Wildman–Crippen LogP) is 2.65. The molecule has 2 heterocycles. The molecule has 1 aliphatic carbocycles. The number of aryl methyl sites for hydroxylation is 1. The number of fused-ring (bicyclic) bond motifs is 1. The Bertz CT molecular complexity index is 1360. The van der Waals surface area contributed by atoms with Crippen molar-refractivity contribution in [3.05, 3.63) is 46.9 Å². The number of hydrogen-bond acceptors (Lipinski definition) is 7. The number of hydrogen-bond donors (Lipinski definition) is 1. The van der Waals surface area contributed by atoms with Crippen molar-refractivity contribution in [3.63, 3.8) is 0 Å². The average Bonchev–Trinajstić information content (AvgIpc) is 3.44. The van der Waals surface area contributed by atoms with Crippen molar-refractivity contribution < 1.29 is 18.7 Å². The zero-order chi connectivity index (χ0) is 23.9.